The minimum absolute atomic E-state index is 0.0243. The highest BCUT2D eigenvalue weighted by Gasteiger charge is 2.18. The Hall–Kier alpha value is -1.59. The molecule has 5 heteroatoms. The molecule has 0 spiro atoms. The monoisotopic (exact) mass is 306 g/mol. The van der Waals surface area contributed by atoms with Crippen molar-refractivity contribution in [3.05, 3.63) is 29.8 Å². The van der Waals surface area contributed by atoms with Gasteiger partial charge in [-0.1, -0.05) is 19.1 Å². The Kier molecular flexibility index (Phi) is 6.68. The van der Waals surface area contributed by atoms with E-state index in [1.165, 1.54) is 0 Å². The summed E-state index contributed by atoms with van der Waals surface area (Å²) in [5.74, 6) is 0.870. The summed E-state index contributed by atoms with van der Waals surface area (Å²) in [5.41, 5.74) is 1.04. The predicted molar refractivity (Wildman–Crippen MR) is 85.8 cm³/mol. The van der Waals surface area contributed by atoms with Gasteiger partial charge in [0, 0.05) is 19.6 Å². The highest BCUT2D eigenvalue weighted by molar-refractivity contribution is 5.78. The van der Waals surface area contributed by atoms with Crippen LogP contribution >= 0.6 is 0 Å². The van der Waals surface area contributed by atoms with Crippen molar-refractivity contribution in [2.24, 2.45) is 0 Å². The standard InChI is InChI=1S/C17H26N2O3/c1-2-10-22-16-5-3-4-14(11-16)12-18-17(21)13-19-8-6-15(20)7-9-19/h3-5,11,15,20H,2,6-10,12-13H2,1H3,(H,18,21). The third-order valence-corrected chi connectivity index (χ3v) is 3.79. The van der Waals surface area contributed by atoms with Gasteiger partial charge >= 0.3 is 0 Å². The average Bonchev–Trinajstić information content (AvgIpc) is 2.53. The van der Waals surface area contributed by atoms with Crippen molar-refractivity contribution in [2.45, 2.75) is 38.8 Å². The number of ether oxygens (including phenoxy) is 1. The Morgan fingerprint density at radius 3 is 2.91 bits per heavy atom. The number of rotatable bonds is 7. The number of carbonyl (C=O) groups excluding carboxylic acids is 1. The van der Waals surface area contributed by atoms with Crippen molar-refractivity contribution in [3.63, 3.8) is 0 Å². The lowest BCUT2D eigenvalue weighted by Crippen LogP contribution is -2.42. The zero-order valence-corrected chi connectivity index (χ0v) is 13.3. The van der Waals surface area contributed by atoms with E-state index in [1.54, 1.807) is 0 Å². The molecule has 1 aromatic carbocycles. The van der Waals surface area contributed by atoms with Crippen LogP contribution in [0.25, 0.3) is 0 Å². The normalized spacial score (nSPS) is 16.5. The first kappa shape index (κ1) is 16.8. The zero-order chi connectivity index (χ0) is 15.8. The lowest BCUT2D eigenvalue weighted by atomic mass is 10.1. The summed E-state index contributed by atoms with van der Waals surface area (Å²) in [7, 11) is 0. The summed E-state index contributed by atoms with van der Waals surface area (Å²) in [5, 5.41) is 12.4. The fourth-order valence-electron chi connectivity index (χ4n) is 2.50. The zero-order valence-electron chi connectivity index (χ0n) is 13.3. The van der Waals surface area contributed by atoms with E-state index in [2.05, 4.69) is 17.1 Å². The Morgan fingerprint density at radius 1 is 1.41 bits per heavy atom. The number of hydrogen-bond acceptors (Lipinski definition) is 4. The fraction of sp³-hybridized carbons (Fsp3) is 0.588. The third kappa shape index (κ3) is 5.66. The molecule has 0 aromatic heterocycles. The molecule has 122 valence electrons. The number of amides is 1. The Bertz CT molecular complexity index is 471. The number of hydrogen-bond donors (Lipinski definition) is 2. The molecule has 0 aliphatic carbocycles. The van der Waals surface area contributed by atoms with E-state index in [1.807, 2.05) is 24.3 Å². The minimum Gasteiger partial charge on any atom is -0.494 e. The summed E-state index contributed by atoms with van der Waals surface area (Å²) < 4.78 is 5.59. The van der Waals surface area contributed by atoms with Crippen molar-refractivity contribution >= 4 is 5.91 Å². The van der Waals surface area contributed by atoms with Gasteiger partial charge in [0.15, 0.2) is 0 Å². The van der Waals surface area contributed by atoms with Crippen molar-refractivity contribution in [1.82, 2.24) is 10.2 Å². The van der Waals surface area contributed by atoms with Gasteiger partial charge in [0.25, 0.3) is 0 Å². The molecule has 1 aliphatic rings. The number of benzene rings is 1. The second-order valence-electron chi connectivity index (χ2n) is 5.78. The van der Waals surface area contributed by atoms with Gasteiger partial charge in [-0.3, -0.25) is 9.69 Å². The van der Waals surface area contributed by atoms with Gasteiger partial charge in [0.1, 0.15) is 5.75 Å². The SMILES string of the molecule is CCCOc1cccc(CNC(=O)CN2CCC(O)CC2)c1. The van der Waals surface area contributed by atoms with E-state index >= 15 is 0 Å². The van der Waals surface area contributed by atoms with Gasteiger partial charge < -0.3 is 15.2 Å². The van der Waals surface area contributed by atoms with Crippen LogP contribution in [-0.4, -0.2) is 48.3 Å². The maximum Gasteiger partial charge on any atom is 0.234 e. The molecule has 2 rings (SSSR count). The van der Waals surface area contributed by atoms with Gasteiger partial charge in [-0.05, 0) is 37.0 Å². The summed E-state index contributed by atoms with van der Waals surface area (Å²) in [6.45, 7) is 5.27. The van der Waals surface area contributed by atoms with Crippen LogP contribution in [0, 0.1) is 0 Å². The van der Waals surface area contributed by atoms with Crippen molar-refractivity contribution in [3.8, 4) is 5.75 Å². The molecule has 0 saturated carbocycles. The third-order valence-electron chi connectivity index (χ3n) is 3.79. The molecule has 0 radical (unpaired) electrons. The van der Waals surface area contributed by atoms with Crippen LogP contribution in [0.3, 0.4) is 0 Å². The Morgan fingerprint density at radius 2 is 2.18 bits per heavy atom. The van der Waals surface area contributed by atoms with Crippen molar-refractivity contribution in [1.29, 1.82) is 0 Å². The molecule has 0 bridgehead atoms. The van der Waals surface area contributed by atoms with Gasteiger partial charge in [0.05, 0.1) is 19.3 Å². The molecule has 0 atom stereocenters. The number of nitrogens with one attached hydrogen (secondary N) is 1. The minimum atomic E-state index is -0.204. The number of nitrogens with zero attached hydrogens (tertiary/aromatic N) is 1. The van der Waals surface area contributed by atoms with Gasteiger partial charge in [-0.15, -0.1) is 0 Å². The average molecular weight is 306 g/mol. The topological polar surface area (TPSA) is 61.8 Å². The molecule has 1 fully saturated rings. The van der Waals surface area contributed by atoms with Crippen LogP contribution in [0.5, 0.6) is 5.75 Å². The first-order valence-electron chi connectivity index (χ1n) is 8.06. The van der Waals surface area contributed by atoms with E-state index in [-0.39, 0.29) is 12.0 Å². The highest BCUT2D eigenvalue weighted by Crippen LogP contribution is 2.13. The molecule has 22 heavy (non-hydrogen) atoms. The van der Waals surface area contributed by atoms with E-state index in [4.69, 9.17) is 4.74 Å². The van der Waals surface area contributed by atoms with Crippen LogP contribution in [0.1, 0.15) is 31.7 Å². The van der Waals surface area contributed by atoms with E-state index in [9.17, 15) is 9.90 Å². The maximum absolute atomic E-state index is 12.0. The van der Waals surface area contributed by atoms with Crippen molar-refractivity contribution < 1.29 is 14.6 Å². The summed E-state index contributed by atoms with van der Waals surface area (Å²) in [6.07, 6.45) is 2.28. The summed E-state index contributed by atoms with van der Waals surface area (Å²) >= 11 is 0. The van der Waals surface area contributed by atoms with E-state index in [0.717, 1.165) is 43.7 Å². The number of piperidine rings is 1. The molecule has 1 saturated heterocycles. The quantitative estimate of drug-likeness (QED) is 0.802. The Balaban J connectivity index is 1.73. The van der Waals surface area contributed by atoms with E-state index < -0.39 is 0 Å². The molecule has 0 unspecified atom stereocenters. The van der Waals surface area contributed by atoms with Gasteiger partial charge in [-0.2, -0.15) is 0 Å². The summed E-state index contributed by atoms with van der Waals surface area (Å²) in [6, 6.07) is 7.82. The van der Waals surface area contributed by atoms with Crippen LogP contribution in [0.4, 0.5) is 0 Å². The second kappa shape index (κ2) is 8.76. The first-order chi connectivity index (χ1) is 10.7. The van der Waals surface area contributed by atoms with Crippen LogP contribution in [-0.2, 0) is 11.3 Å². The molecule has 1 amide bonds. The molecule has 1 aliphatic heterocycles. The highest BCUT2D eigenvalue weighted by atomic mass is 16.5. The molecule has 5 nitrogen and oxygen atoms in total. The maximum atomic E-state index is 12.0. The van der Waals surface area contributed by atoms with Crippen LogP contribution in [0.2, 0.25) is 0 Å². The smallest absolute Gasteiger partial charge is 0.234 e. The van der Waals surface area contributed by atoms with Crippen LogP contribution < -0.4 is 10.1 Å². The molecular formula is C17H26N2O3. The largest absolute Gasteiger partial charge is 0.494 e. The molecule has 1 aromatic rings. The first-order valence-corrected chi connectivity index (χ1v) is 8.06. The fourth-order valence-corrected chi connectivity index (χ4v) is 2.50. The molecule has 2 N–H and O–H groups in total. The van der Waals surface area contributed by atoms with Gasteiger partial charge in [0.2, 0.25) is 5.91 Å². The second-order valence-corrected chi connectivity index (χ2v) is 5.78. The lowest BCUT2D eigenvalue weighted by Gasteiger charge is -2.28. The number of aliphatic hydroxyl groups excluding tert-OH is 1. The Labute approximate surface area is 132 Å². The molecular weight excluding hydrogens is 280 g/mol. The molecule has 1 heterocycles. The number of carbonyl (C=O) groups is 1. The number of likely N-dealkylation sites (tertiary alicyclic amines) is 1. The van der Waals surface area contributed by atoms with E-state index in [0.29, 0.717) is 19.7 Å². The number of aliphatic hydroxyl groups is 1. The predicted octanol–water partition coefficient (Wildman–Crippen LogP) is 1.55. The van der Waals surface area contributed by atoms with Crippen LogP contribution in [0.15, 0.2) is 24.3 Å². The summed E-state index contributed by atoms with van der Waals surface area (Å²) in [4.78, 5) is 14.1. The van der Waals surface area contributed by atoms with Gasteiger partial charge in [-0.25, -0.2) is 0 Å². The van der Waals surface area contributed by atoms with Crippen molar-refractivity contribution in [2.75, 3.05) is 26.2 Å². The lowest BCUT2D eigenvalue weighted by molar-refractivity contribution is -0.122.